The van der Waals surface area contributed by atoms with Crippen LogP contribution in [0.15, 0.2) is 30.5 Å². The molecule has 2 heterocycles. The van der Waals surface area contributed by atoms with Gasteiger partial charge in [0.05, 0.1) is 40.8 Å². The van der Waals surface area contributed by atoms with Crippen LogP contribution >= 0.6 is 0 Å². The Labute approximate surface area is 192 Å². The van der Waals surface area contributed by atoms with E-state index in [-0.39, 0.29) is 24.8 Å². The summed E-state index contributed by atoms with van der Waals surface area (Å²) in [6.45, 7) is -1.14. The van der Waals surface area contributed by atoms with E-state index in [4.69, 9.17) is 10.8 Å². The van der Waals surface area contributed by atoms with Crippen molar-refractivity contribution in [3.8, 4) is 11.3 Å². The molecule has 1 atom stereocenters. The molecule has 15 heteroatoms. The third kappa shape index (κ3) is 5.38. The molecule has 1 saturated heterocycles. The minimum absolute atomic E-state index is 0.0632. The fraction of sp³-hybridized carbons (Fsp3) is 0.300. The van der Waals surface area contributed by atoms with E-state index in [0.717, 1.165) is 22.1 Å². The van der Waals surface area contributed by atoms with Gasteiger partial charge >= 0.3 is 24.4 Å². The number of benzene rings is 1. The largest absolute Gasteiger partial charge is 0.480 e. The second kappa shape index (κ2) is 8.96. The molecule has 3 rings (SSSR count). The normalized spacial score (nSPS) is 16.8. The SMILES string of the molecule is Nc1cnc(-c2cc(C(F)(F)F)cc(C(F)(F)F)c2)cc1C(=O)N1CCN(C(=O)O)CC1C(=O)O. The molecule has 188 valence electrons. The van der Waals surface area contributed by atoms with Gasteiger partial charge in [0.1, 0.15) is 6.04 Å². The van der Waals surface area contributed by atoms with Crippen molar-refractivity contribution in [3.63, 3.8) is 0 Å². The first-order valence-electron chi connectivity index (χ1n) is 9.66. The first-order chi connectivity index (χ1) is 16.1. The number of hydrogen-bond donors (Lipinski definition) is 3. The zero-order valence-electron chi connectivity index (χ0n) is 17.4. The van der Waals surface area contributed by atoms with Crippen molar-refractivity contribution in [2.45, 2.75) is 18.4 Å². The Morgan fingerprint density at radius 3 is 2.00 bits per heavy atom. The van der Waals surface area contributed by atoms with Gasteiger partial charge in [-0.25, -0.2) is 9.59 Å². The number of carbonyl (C=O) groups is 3. The summed E-state index contributed by atoms with van der Waals surface area (Å²) in [7, 11) is 0. The van der Waals surface area contributed by atoms with Crippen LogP contribution in [0.2, 0.25) is 0 Å². The van der Waals surface area contributed by atoms with Crippen LogP contribution in [0, 0.1) is 0 Å². The van der Waals surface area contributed by atoms with Crippen molar-refractivity contribution >= 4 is 23.7 Å². The molecule has 0 saturated carbocycles. The number of anilines is 1. The van der Waals surface area contributed by atoms with Crippen LogP contribution in [0.5, 0.6) is 0 Å². The third-order valence-corrected chi connectivity index (χ3v) is 5.25. The van der Waals surface area contributed by atoms with Crippen LogP contribution in [0.25, 0.3) is 11.3 Å². The Morgan fingerprint density at radius 2 is 1.51 bits per heavy atom. The minimum Gasteiger partial charge on any atom is -0.480 e. The molecule has 0 radical (unpaired) electrons. The number of pyridine rings is 1. The first kappa shape index (κ1) is 25.6. The highest BCUT2D eigenvalue weighted by Crippen LogP contribution is 2.38. The van der Waals surface area contributed by atoms with Crippen LogP contribution in [-0.2, 0) is 17.1 Å². The Kier molecular flexibility index (Phi) is 6.55. The average Bonchev–Trinajstić information content (AvgIpc) is 2.77. The van der Waals surface area contributed by atoms with Crippen LogP contribution in [-0.4, -0.2) is 68.6 Å². The first-order valence-corrected chi connectivity index (χ1v) is 9.66. The fourth-order valence-electron chi connectivity index (χ4n) is 3.48. The summed E-state index contributed by atoms with van der Waals surface area (Å²) in [6, 6.07) is 0.0393. The number of carboxylic acids is 1. The van der Waals surface area contributed by atoms with Crippen LogP contribution in [0.4, 0.5) is 36.8 Å². The topological polar surface area (TPSA) is 137 Å². The molecule has 4 N–H and O–H groups in total. The molecule has 2 aromatic rings. The van der Waals surface area contributed by atoms with E-state index >= 15 is 0 Å². The number of nitrogens with two attached hydrogens (primary N) is 1. The maximum atomic E-state index is 13.2. The van der Waals surface area contributed by atoms with Crippen LogP contribution in [0.1, 0.15) is 21.5 Å². The molecule has 35 heavy (non-hydrogen) atoms. The molecule has 9 nitrogen and oxygen atoms in total. The summed E-state index contributed by atoms with van der Waals surface area (Å²) in [5.41, 5.74) is 0.775. The van der Waals surface area contributed by atoms with Gasteiger partial charge in [-0.2, -0.15) is 26.3 Å². The van der Waals surface area contributed by atoms with Gasteiger partial charge in [-0.15, -0.1) is 0 Å². The smallest absolute Gasteiger partial charge is 0.416 e. The van der Waals surface area contributed by atoms with E-state index in [9.17, 15) is 45.8 Å². The summed E-state index contributed by atoms with van der Waals surface area (Å²) in [4.78, 5) is 41.2. The second-order valence-electron chi connectivity index (χ2n) is 7.53. The minimum atomic E-state index is -5.11. The number of aliphatic carboxylic acids is 1. The highest BCUT2D eigenvalue weighted by molar-refractivity contribution is 6.01. The number of nitrogens with zero attached hydrogens (tertiary/aromatic N) is 3. The predicted molar refractivity (Wildman–Crippen MR) is 106 cm³/mol. The monoisotopic (exact) mass is 506 g/mol. The number of amides is 2. The van der Waals surface area contributed by atoms with Crippen molar-refractivity contribution in [1.82, 2.24) is 14.8 Å². The molecule has 1 fully saturated rings. The standard InChI is InChI=1S/C20H16F6N4O5/c21-19(22,23)10-3-9(4-11(5-10)20(24,25)26)14-6-12(13(27)7-28-14)16(31)30-2-1-29(18(34)35)8-15(30)17(32)33/h3-7,15H,1-2,8,27H2,(H,32,33)(H,34,35). The Hall–Kier alpha value is -4.04. The molecule has 2 amide bonds. The van der Waals surface area contributed by atoms with Gasteiger partial charge in [0.2, 0.25) is 0 Å². The lowest BCUT2D eigenvalue weighted by Crippen LogP contribution is -2.59. The molecule has 1 unspecified atom stereocenters. The lowest BCUT2D eigenvalue weighted by atomic mass is 10.0. The maximum absolute atomic E-state index is 13.2. The lowest BCUT2D eigenvalue weighted by Gasteiger charge is -2.38. The number of aromatic nitrogens is 1. The van der Waals surface area contributed by atoms with E-state index in [2.05, 4.69) is 4.98 Å². The van der Waals surface area contributed by atoms with Crippen LogP contribution < -0.4 is 5.73 Å². The van der Waals surface area contributed by atoms with Gasteiger partial charge < -0.3 is 25.7 Å². The number of rotatable bonds is 3. The van der Waals surface area contributed by atoms with Crippen LogP contribution in [0.3, 0.4) is 0 Å². The van der Waals surface area contributed by atoms with Crippen molar-refractivity contribution in [1.29, 1.82) is 0 Å². The lowest BCUT2D eigenvalue weighted by molar-refractivity contribution is -0.144. The third-order valence-electron chi connectivity index (χ3n) is 5.25. The number of alkyl halides is 6. The zero-order valence-corrected chi connectivity index (χ0v) is 17.4. The average molecular weight is 506 g/mol. The number of carboxylic acid groups (broad SMARTS) is 2. The van der Waals surface area contributed by atoms with E-state index in [0.29, 0.717) is 12.1 Å². The van der Waals surface area contributed by atoms with E-state index < -0.39 is 70.9 Å². The van der Waals surface area contributed by atoms with Crippen molar-refractivity contribution in [3.05, 3.63) is 47.2 Å². The number of hydrogen-bond acceptors (Lipinski definition) is 5. The summed E-state index contributed by atoms with van der Waals surface area (Å²) in [6.07, 6.45) is -10.8. The van der Waals surface area contributed by atoms with Gasteiger partial charge in [0.25, 0.3) is 5.91 Å². The van der Waals surface area contributed by atoms with Crippen molar-refractivity contribution in [2.75, 3.05) is 25.4 Å². The molecular weight excluding hydrogens is 490 g/mol. The quantitative estimate of drug-likeness (QED) is 0.544. The molecule has 1 aromatic heterocycles. The van der Waals surface area contributed by atoms with E-state index in [1.54, 1.807) is 0 Å². The van der Waals surface area contributed by atoms with Gasteiger partial charge in [-0.3, -0.25) is 9.78 Å². The maximum Gasteiger partial charge on any atom is 0.416 e. The summed E-state index contributed by atoms with van der Waals surface area (Å²) >= 11 is 0. The second-order valence-corrected chi connectivity index (χ2v) is 7.53. The summed E-state index contributed by atoms with van der Waals surface area (Å²) < 4.78 is 79.2. The Balaban J connectivity index is 2.06. The summed E-state index contributed by atoms with van der Waals surface area (Å²) in [5, 5.41) is 18.5. The van der Waals surface area contributed by atoms with Crippen molar-refractivity contribution in [2.24, 2.45) is 0 Å². The number of halogens is 6. The highest BCUT2D eigenvalue weighted by atomic mass is 19.4. The van der Waals surface area contributed by atoms with E-state index in [1.807, 2.05) is 0 Å². The molecule has 1 aliphatic heterocycles. The van der Waals surface area contributed by atoms with Gasteiger partial charge in [0, 0.05) is 18.7 Å². The van der Waals surface area contributed by atoms with E-state index in [1.165, 1.54) is 0 Å². The number of piperazine rings is 1. The molecule has 1 aromatic carbocycles. The van der Waals surface area contributed by atoms with Gasteiger partial charge in [0.15, 0.2) is 0 Å². The Bertz CT molecular complexity index is 1150. The molecule has 0 bridgehead atoms. The molecule has 0 aliphatic carbocycles. The molecule has 0 spiro atoms. The number of nitrogen functional groups attached to an aromatic ring is 1. The highest BCUT2D eigenvalue weighted by Gasteiger charge is 2.39. The molecular formula is C20H16F6N4O5. The fourth-order valence-corrected chi connectivity index (χ4v) is 3.48. The van der Waals surface area contributed by atoms with Gasteiger partial charge in [-0.1, -0.05) is 0 Å². The summed E-state index contributed by atoms with van der Waals surface area (Å²) in [5.74, 6) is -2.53. The van der Waals surface area contributed by atoms with Gasteiger partial charge in [-0.05, 0) is 24.3 Å². The van der Waals surface area contributed by atoms with Crippen molar-refractivity contribution < 1.29 is 50.9 Å². The predicted octanol–water partition coefficient (Wildman–Crippen LogP) is 3.26. The number of carbonyl (C=O) groups excluding carboxylic acids is 1. The molecule has 1 aliphatic rings. The zero-order chi connectivity index (χ0) is 26.3. The Morgan fingerprint density at radius 1 is 0.943 bits per heavy atom.